The van der Waals surface area contributed by atoms with Gasteiger partial charge in [0, 0.05) is 18.2 Å². The highest BCUT2D eigenvalue weighted by Crippen LogP contribution is 2.29. The SMILES string of the molecule is COc1cccc(OC)c1CNC1COc2ccccc2C1. The van der Waals surface area contributed by atoms with Crippen molar-refractivity contribution in [3.63, 3.8) is 0 Å². The first-order valence-corrected chi connectivity index (χ1v) is 7.45. The highest BCUT2D eigenvalue weighted by molar-refractivity contribution is 5.44. The van der Waals surface area contributed by atoms with Crippen LogP contribution in [0.25, 0.3) is 0 Å². The number of ether oxygens (including phenoxy) is 3. The lowest BCUT2D eigenvalue weighted by Gasteiger charge is -2.26. The van der Waals surface area contributed by atoms with Gasteiger partial charge in [0.05, 0.1) is 14.2 Å². The van der Waals surface area contributed by atoms with Crippen LogP contribution >= 0.6 is 0 Å². The smallest absolute Gasteiger partial charge is 0.127 e. The van der Waals surface area contributed by atoms with E-state index in [2.05, 4.69) is 11.4 Å². The zero-order valence-corrected chi connectivity index (χ0v) is 13.0. The summed E-state index contributed by atoms with van der Waals surface area (Å²) in [5.74, 6) is 2.67. The minimum Gasteiger partial charge on any atom is -0.496 e. The van der Waals surface area contributed by atoms with E-state index < -0.39 is 0 Å². The van der Waals surface area contributed by atoms with E-state index in [0.29, 0.717) is 13.2 Å². The first-order chi connectivity index (χ1) is 10.8. The fraction of sp³-hybridized carbons (Fsp3) is 0.333. The van der Waals surface area contributed by atoms with E-state index in [4.69, 9.17) is 14.2 Å². The Morgan fingerprint density at radius 1 is 1.05 bits per heavy atom. The maximum atomic E-state index is 5.81. The largest absolute Gasteiger partial charge is 0.496 e. The number of nitrogens with one attached hydrogen (secondary N) is 1. The molecule has 0 radical (unpaired) electrons. The Morgan fingerprint density at radius 2 is 1.77 bits per heavy atom. The third kappa shape index (κ3) is 3.02. The highest BCUT2D eigenvalue weighted by Gasteiger charge is 2.20. The number of hydrogen-bond acceptors (Lipinski definition) is 4. The van der Waals surface area contributed by atoms with Gasteiger partial charge in [-0.05, 0) is 30.2 Å². The molecule has 1 aliphatic heterocycles. The summed E-state index contributed by atoms with van der Waals surface area (Å²) in [5.41, 5.74) is 2.28. The van der Waals surface area contributed by atoms with E-state index in [-0.39, 0.29) is 6.04 Å². The number of hydrogen-bond donors (Lipinski definition) is 1. The Kier molecular flexibility index (Phi) is 4.49. The Labute approximate surface area is 131 Å². The van der Waals surface area contributed by atoms with Crippen LogP contribution in [0.3, 0.4) is 0 Å². The first kappa shape index (κ1) is 14.7. The van der Waals surface area contributed by atoms with Gasteiger partial charge in [0.2, 0.25) is 0 Å². The average molecular weight is 299 g/mol. The van der Waals surface area contributed by atoms with Crippen LogP contribution in [0.5, 0.6) is 17.2 Å². The van der Waals surface area contributed by atoms with Crippen LogP contribution in [0, 0.1) is 0 Å². The predicted molar refractivity (Wildman–Crippen MR) is 85.8 cm³/mol. The van der Waals surface area contributed by atoms with E-state index in [1.807, 2.05) is 36.4 Å². The third-order valence-electron chi connectivity index (χ3n) is 3.98. The van der Waals surface area contributed by atoms with Gasteiger partial charge in [-0.15, -0.1) is 0 Å². The van der Waals surface area contributed by atoms with Gasteiger partial charge in [-0.1, -0.05) is 24.3 Å². The van der Waals surface area contributed by atoms with Gasteiger partial charge in [-0.3, -0.25) is 0 Å². The predicted octanol–water partition coefficient (Wildman–Crippen LogP) is 2.80. The van der Waals surface area contributed by atoms with Crippen molar-refractivity contribution in [1.29, 1.82) is 0 Å². The van der Waals surface area contributed by atoms with Crippen LogP contribution in [0.15, 0.2) is 42.5 Å². The van der Waals surface area contributed by atoms with E-state index in [9.17, 15) is 0 Å². The summed E-state index contributed by atoms with van der Waals surface area (Å²) in [4.78, 5) is 0. The van der Waals surface area contributed by atoms with Gasteiger partial charge in [0.1, 0.15) is 23.9 Å². The minimum atomic E-state index is 0.282. The number of benzene rings is 2. The van der Waals surface area contributed by atoms with Gasteiger partial charge in [0.15, 0.2) is 0 Å². The zero-order valence-electron chi connectivity index (χ0n) is 13.0. The number of methoxy groups -OCH3 is 2. The van der Waals surface area contributed by atoms with Crippen molar-refractivity contribution in [2.75, 3.05) is 20.8 Å². The van der Waals surface area contributed by atoms with Crippen LogP contribution in [0.1, 0.15) is 11.1 Å². The number of fused-ring (bicyclic) bond motifs is 1. The third-order valence-corrected chi connectivity index (χ3v) is 3.98. The van der Waals surface area contributed by atoms with E-state index >= 15 is 0 Å². The molecular formula is C18H21NO3. The summed E-state index contributed by atoms with van der Waals surface area (Å²) < 4.78 is 16.7. The summed E-state index contributed by atoms with van der Waals surface area (Å²) in [6, 6.07) is 14.3. The molecule has 116 valence electrons. The minimum absolute atomic E-state index is 0.282. The standard InChI is InChI=1S/C18H21NO3/c1-20-17-8-5-9-18(21-2)15(17)11-19-14-10-13-6-3-4-7-16(13)22-12-14/h3-9,14,19H,10-12H2,1-2H3. The molecule has 0 bridgehead atoms. The fourth-order valence-electron chi connectivity index (χ4n) is 2.81. The summed E-state index contributed by atoms with van der Waals surface area (Å²) in [6.07, 6.45) is 0.966. The summed E-state index contributed by atoms with van der Waals surface area (Å²) in [5, 5.41) is 3.54. The second kappa shape index (κ2) is 6.71. The molecule has 0 aliphatic carbocycles. The number of rotatable bonds is 5. The normalized spacial score (nSPS) is 16.5. The molecule has 1 N–H and O–H groups in total. The lowest BCUT2D eigenvalue weighted by Crippen LogP contribution is -2.38. The lowest BCUT2D eigenvalue weighted by molar-refractivity contribution is 0.237. The van der Waals surface area contributed by atoms with Gasteiger partial charge < -0.3 is 19.5 Å². The van der Waals surface area contributed by atoms with Gasteiger partial charge in [-0.25, -0.2) is 0 Å². The first-order valence-electron chi connectivity index (χ1n) is 7.45. The Balaban J connectivity index is 1.69. The highest BCUT2D eigenvalue weighted by atomic mass is 16.5. The van der Waals surface area contributed by atoms with Crippen molar-refractivity contribution >= 4 is 0 Å². The average Bonchev–Trinajstić information content (AvgIpc) is 2.59. The van der Waals surface area contributed by atoms with Crippen molar-refractivity contribution in [3.05, 3.63) is 53.6 Å². The molecule has 2 aromatic rings. The molecule has 22 heavy (non-hydrogen) atoms. The van der Waals surface area contributed by atoms with Crippen molar-refractivity contribution in [1.82, 2.24) is 5.32 Å². The van der Waals surface area contributed by atoms with Crippen molar-refractivity contribution < 1.29 is 14.2 Å². The quantitative estimate of drug-likeness (QED) is 0.921. The van der Waals surface area contributed by atoms with Crippen LogP contribution in [-0.4, -0.2) is 26.9 Å². The maximum Gasteiger partial charge on any atom is 0.127 e. The van der Waals surface area contributed by atoms with Crippen molar-refractivity contribution in [2.45, 2.75) is 19.0 Å². The molecule has 0 saturated heterocycles. The summed E-state index contributed by atoms with van der Waals surface area (Å²) >= 11 is 0. The maximum absolute atomic E-state index is 5.81. The molecule has 0 amide bonds. The lowest BCUT2D eigenvalue weighted by atomic mass is 10.0. The molecule has 1 unspecified atom stereocenters. The Bertz CT molecular complexity index is 620. The Morgan fingerprint density at radius 3 is 2.50 bits per heavy atom. The van der Waals surface area contributed by atoms with Gasteiger partial charge >= 0.3 is 0 Å². The molecule has 1 atom stereocenters. The molecule has 1 aliphatic rings. The molecule has 0 saturated carbocycles. The molecule has 0 aromatic heterocycles. The Hall–Kier alpha value is -2.20. The van der Waals surface area contributed by atoms with Crippen LogP contribution < -0.4 is 19.5 Å². The molecule has 2 aromatic carbocycles. The monoisotopic (exact) mass is 299 g/mol. The van der Waals surface area contributed by atoms with Crippen LogP contribution in [0.2, 0.25) is 0 Å². The van der Waals surface area contributed by atoms with E-state index in [1.54, 1.807) is 14.2 Å². The second-order valence-electron chi connectivity index (χ2n) is 5.34. The summed E-state index contributed by atoms with van der Waals surface area (Å²) in [6.45, 7) is 1.36. The number of para-hydroxylation sites is 1. The molecule has 4 heteroatoms. The van der Waals surface area contributed by atoms with Crippen LogP contribution in [-0.2, 0) is 13.0 Å². The molecule has 3 rings (SSSR count). The fourth-order valence-corrected chi connectivity index (χ4v) is 2.81. The van der Waals surface area contributed by atoms with Gasteiger partial charge in [0.25, 0.3) is 0 Å². The molecule has 0 spiro atoms. The van der Waals surface area contributed by atoms with E-state index in [0.717, 1.165) is 29.2 Å². The van der Waals surface area contributed by atoms with Crippen molar-refractivity contribution in [3.8, 4) is 17.2 Å². The van der Waals surface area contributed by atoms with Crippen molar-refractivity contribution in [2.24, 2.45) is 0 Å². The summed E-state index contributed by atoms with van der Waals surface area (Å²) in [7, 11) is 3.36. The molecule has 4 nitrogen and oxygen atoms in total. The second-order valence-corrected chi connectivity index (χ2v) is 5.34. The molecule has 1 heterocycles. The van der Waals surface area contributed by atoms with Gasteiger partial charge in [-0.2, -0.15) is 0 Å². The van der Waals surface area contributed by atoms with E-state index in [1.165, 1.54) is 5.56 Å². The molecular weight excluding hydrogens is 278 g/mol. The zero-order chi connectivity index (χ0) is 15.4. The topological polar surface area (TPSA) is 39.7 Å². The molecule has 0 fully saturated rings. The van der Waals surface area contributed by atoms with Crippen LogP contribution in [0.4, 0.5) is 0 Å².